The molecule has 2 aromatic heterocycles. The molecule has 0 bridgehead atoms. The Labute approximate surface area is 193 Å². The molecule has 2 N–H and O–H groups in total. The Bertz CT molecular complexity index is 1370. The number of hydrogen-bond acceptors (Lipinski definition) is 6. The maximum Gasteiger partial charge on any atom is 0.179 e. The van der Waals surface area contributed by atoms with E-state index in [1.54, 1.807) is 0 Å². The number of hydrogen-bond donors (Lipinski definition) is 1. The van der Waals surface area contributed by atoms with Crippen molar-refractivity contribution in [3.8, 4) is 12.1 Å². The zero-order valence-corrected chi connectivity index (χ0v) is 19.5. The third kappa shape index (κ3) is 3.67. The summed E-state index contributed by atoms with van der Waals surface area (Å²) in [5, 5.41) is 19.9. The fraction of sp³-hybridized carbons (Fsp3) is 0.125. The molecule has 0 atom stereocenters. The summed E-state index contributed by atoms with van der Waals surface area (Å²) in [5.41, 5.74) is 11.5. The van der Waals surface area contributed by atoms with Crippen molar-refractivity contribution in [3.05, 3.63) is 74.1 Å². The van der Waals surface area contributed by atoms with Crippen LogP contribution >= 0.6 is 27.7 Å². The highest BCUT2D eigenvalue weighted by Crippen LogP contribution is 2.45. The number of allylic oxidation sites excluding steroid dienone is 3. The molecule has 0 amide bonds. The summed E-state index contributed by atoms with van der Waals surface area (Å²) in [4.78, 5) is 5.43. The van der Waals surface area contributed by atoms with E-state index in [1.807, 2.05) is 26.0 Å². The molecule has 0 unspecified atom stereocenters. The lowest BCUT2D eigenvalue weighted by Gasteiger charge is -2.10. The van der Waals surface area contributed by atoms with Gasteiger partial charge in [0.05, 0.1) is 21.3 Å². The lowest BCUT2D eigenvalue weighted by molar-refractivity contribution is 0.463. The van der Waals surface area contributed by atoms with Crippen molar-refractivity contribution in [1.29, 1.82) is 10.5 Å². The number of furan rings is 1. The van der Waals surface area contributed by atoms with Crippen LogP contribution in [0.5, 0.6) is 0 Å². The number of rotatable bonds is 3. The van der Waals surface area contributed by atoms with Gasteiger partial charge in [-0.15, -0.1) is 0 Å². The Morgan fingerprint density at radius 3 is 2.48 bits per heavy atom. The number of nitriles is 2. The minimum atomic E-state index is 0.137. The largest absolute Gasteiger partial charge is 0.449 e. The molecule has 0 fully saturated rings. The van der Waals surface area contributed by atoms with E-state index < -0.39 is 0 Å². The number of halogens is 1. The summed E-state index contributed by atoms with van der Waals surface area (Å²) >= 11 is 5.10. The summed E-state index contributed by atoms with van der Waals surface area (Å²) in [6.45, 7) is 5.75. The van der Waals surface area contributed by atoms with Crippen LogP contribution in [-0.2, 0) is 0 Å². The van der Waals surface area contributed by atoms with Gasteiger partial charge in [0, 0.05) is 10.5 Å². The van der Waals surface area contributed by atoms with Gasteiger partial charge in [0.25, 0.3) is 0 Å². The molecule has 1 aromatic carbocycles. The number of fused-ring (bicyclic) bond motifs is 1. The summed E-state index contributed by atoms with van der Waals surface area (Å²) < 4.78 is 6.93. The summed E-state index contributed by atoms with van der Waals surface area (Å²) in [6, 6.07) is 14.5. The van der Waals surface area contributed by atoms with E-state index in [2.05, 4.69) is 64.2 Å². The van der Waals surface area contributed by atoms with Crippen LogP contribution in [0.3, 0.4) is 0 Å². The molecule has 5 nitrogen and oxygen atoms in total. The lowest BCUT2D eigenvalue weighted by Crippen LogP contribution is -2.03. The number of anilines is 1. The second-order valence-corrected chi connectivity index (χ2v) is 9.10. The van der Waals surface area contributed by atoms with Gasteiger partial charge in [0.15, 0.2) is 5.09 Å². The predicted octanol–water partition coefficient (Wildman–Crippen LogP) is 6.51. The summed E-state index contributed by atoms with van der Waals surface area (Å²) in [6.07, 6.45) is 1.88. The molecule has 2 heterocycles. The lowest BCUT2D eigenvalue weighted by atomic mass is 9.96. The van der Waals surface area contributed by atoms with E-state index in [0.29, 0.717) is 28.2 Å². The highest BCUT2D eigenvalue weighted by Gasteiger charge is 2.30. The molecule has 3 aromatic rings. The first-order chi connectivity index (χ1) is 14.8. The first kappa shape index (κ1) is 21.0. The van der Waals surface area contributed by atoms with Gasteiger partial charge < -0.3 is 10.2 Å². The highest BCUT2D eigenvalue weighted by molar-refractivity contribution is 9.10. The Morgan fingerprint density at radius 2 is 1.84 bits per heavy atom. The Balaban J connectivity index is 1.80. The van der Waals surface area contributed by atoms with Gasteiger partial charge in [-0.2, -0.15) is 10.5 Å². The summed E-state index contributed by atoms with van der Waals surface area (Å²) in [5.74, 6) is 0.772. The van der Waals surface area contributed by atoms with Gasteiger partial charge >= 0.3 is 0 Å². The Hall–Kier alpha value is -3.26. The molecule has 0 saturated heterocycles. The molecular weight excluding hydrogens is 472 g/mol. The number of nitrogen functional groups attached to an aromatic ring is 1. The SMILES string of the molecule is CC1=C(C#N)c2nc(N)c(C#N)c(C)c2/C1=C\c1cc(Br)c(Sc2ccc(C)cc2)o1. The van der Waals surface area contributed by atoms with E-state index in [0.717, 1.165) is 31.2 Å². The number of nitrogens with zero attached hydrogens (tertiary/aromatic N) is 3. The number of benzene rings is 1. The van der Waals surface area contributed by atoms with Crippen LogP contribution in [0.1, 0.15) is 40.6 Å². The van der Waals surface area contributed by atoms with Crippen LogP contribution in [0.15, 0.2) is 54.8 Å². The second-order valence-electron chi connectivity index (χ2n) is 7.20. The highest BCUT2D eigenvalue weighted by atomic mass is 79.9. The van der Waals surface area contributed by atoms with Crippen molar-refractivity contribution in [2.75, 3.05) is 5.73 Å². The monoisotopic (exact) mass is 488 g/mol. The molecule has 152 valence electrons. The molecule has 1 aliphatic carbocycles. The fourth-order valence-electron chi connectivity index (χ4n) is 3.56. The Morgan fingerprint density at radius 1 is 1.13 bits per heavy atom. The average Bonchev–Trinajstić information content (AvgIpc) is 3.20. The Kier molecular flexibility index (Phi) is 5.49. The first-order valence-electron chi connectivity index (χ1n) is 9.41. The van der Waals surface area contributed by atoms with Gasteiger partial charge in [-0.3, -0.25) is 0 Å². The third-order valence-corrected chi connectivity index (χ3v) is 7.02. The zero-order valence-electron chi connectivity index (χ0n) is 17.1. The zero-order chi connectivity index (χ0) is 22.3. The van der Waals surface area contributed by atoms with Crippen molar-refractivity contribution < 1.29 is 4.42 Å². The number of pyridine rings is 1. The van der Waals surface area contributed by atoms with Crippen LogP contribution in [0.2, 0.25) is 0 Å². The predicted molar refractivity (Wildman–Crippen MR) is 126 cm³/mol. The van der Waals surface area contributed by atoms with Gasteiger partial charge in [-0.05, 0) is 77.7 Å². The van der Waals surface area contributed by atoms with E-state index in [-0.39, 0.29) is 5.82 Å². The molecule has 31 heavy (non-hydrogen) atoms. The molecule has 0 radical (unpaired) electrons. The first-order valence-corrected chi connectivity index (χ1v) is 11.0. The van der Waals surface area contributed by atoms with Gasteiger partial charge in [0.2, 0.25) is 0 Å². The van der Waals surface area contributed by atoms with Crippen LogP contribution in [0.25, 0.3) is 17.2 Å². The second kappa shape index (κ2) is 8.11. The van der Waals surface area contributed by atoms with Crippen LogP contribution in [-0.4, -0.2) is 4.98 Å². The van der Waals surface area contributed by atoms with Crippen molar-refractivity contribution in [3.63, 3.8) is 0 Å². The molecular formula is C24H17BrN4OS. The van der Waals surface area contributed by atoms with E-state index >= 15 is 0 Å². The average molecular weight is 489 g/mol. The molecule has 0 saturated carbocycles. The van der Waals surface area contributed by atoms with Gasteiger partial charge in [0.1, 0.15) is 23.7 Å². The maximum absolute atomic E-state index is 9.69. The van der Waals surface area contributed by atoms with Crippen molar-refractivity contribution in [2.45, 2.75) is 30.8 Å². The van der Waals surface area contributed by atoms with Crippen molar-refractivity contribution in [2.24, 2.45) is 0 Å². The maximum atomic E-state index is 9.69. The molecule has 1 aliphatic rings. The van der Waals surface area contributed by atoms with E-state index in [4.69, 9.17) is 10.2 Å². The van der Waals surface area contributed by atoms with Gasteiger partial charge in [-0.25, -0.2) is 4.98 Å². The van der Waals surface area contributed by atoms with Crippen molar-refractivity contribution in [1.82, 2.24) is 4.98 Å². The quantitative estimate of drug-likeness (QED) is 0.450. The third-order valence-electron chi connectivity index (χ3n) is 5.18. The van der Waals surface area contributed by atoms with E-state index in [1.165, 1.54) is 17.3 Å². The van der Waals surface area contributed by atoms with Gasteiger partial charge in [-0.1, -0.05) is 29.5 Å². The normalized spacial score (nSPS) is 13.9. The van der Waals surface area contributed by atoms with Crippen LogP contribution < -0.4 is 5.73 Å². The smallest absolute Gasteiger partial charge is 0.179 e. The van der Waals surface area contributed by atoms with Crippen molar-refractivity contribution >= 4 is 50.7 Å². The number of aryl methyl sites for hydroxylation is 1. The standard InChI is InChI=1S/C24H17BrN4OS/c1-12-4-6-16(7-5-12)31-24-20(25)9-15(30-24)8-17-13(2)18(10-26)22-21(17)14(3)19(11-27)23(28)29-22/h4-9H,1-3H3,(H2,28,29)/b17-8-. The molecule has 0 aliphatic heterocycles. The van der Waals surface area contributed by atoms with Crippen LogP contribution in [0, 0.1) is 36.5 Å². The minimum Gasteiger partial charge on any atom is -0.449 e. The minimum absolute atomic E-state index is 0.137. The summed E-state index contributed by atoms with van der Waals surface area (Å²) in [7, 11) is 0. The fourth-order valence-corrected chi connectivity index (χ4v) is 4.89. The topological polar surface area (TPSA) is 99.6 Å². The van der Waals surface area contributed by atoms with Crippen LogP contribution in [0.4, 0.5) is 5.82 Å². The molecule has 0 spiro atoms. The van der Waals surface area contributed by atoms with E-state index in [9.17, 15) is 10.5 Å². The molecule has 4 rings (SSSR count). The molecule has 7 heteroatoms. The number of aromatic nitrogens is 1. The number of nitrogens with two attached hydrogens (primary N) is 1.